The van der Waals surface area contributed by atoms with Crippen molar-refractivity contribution in [1.29, 1.82) is 0 Å². The van der Waals surface area contributed by atoms with Gasteiger partial charge in [-0.3, -0.25) is 9.59 Å². The molecule has 0 atom stereocenters. The summed E-state index contributed by atoms with van der Waals surface area (Å²) >= 11 is 0. The quantitative estimate of drug-likeness (QED) is 0.432. The lowest BCUT2D eigenvalue weighted by Crippen LogP contribution is -2.38. The molecule has 1 aliphatic rings. The number of imide groups is 1. The molecule has 0 saturated carbocycles. The van der Waals surface area contributed by atoms with E-state index in [0.717, 1.165) is 22.6 Å². The number of aryl methyl sites for hydroxylation is 1. The van der Waals surface area contributed by atoms with Gasteiger partial charge in [0.2, 0.25) is 5.91 Å². The Morgan fingerprint density at radius 2 is 1.82 bits per heavy atom. The predicted octanol–water partition coefficient (Wildman–Crippen LogP) is 4.34. The first-order valence-electron chi connectivity index (χ1n) is 10.2. The second-order valence-corrected chi connectivity index (χ2v) is 7.65. The Balaban J connectivity index is 1.52. The van der Waals surface area contributed by atoms with Gasteiger partial charge in [0.05, 0.1) is 5.56 Å². The molecule has 10 heteroatoms. The van der Waals surface area contributed by atoms with Crippen LogP contribution in [0.1, 0.15) is 16.8 Å². The summed E-state index contributed by atoms with van der Waals surface area (Å²) in [6.45, 7) is 1.37. The number of hydrogen-bond donors (Lipinski definition) is 2. The number of anilines is 1. The van der Waals surface area contributed by atoms with Crippen LogP contribution in [0.3, 0.4) is 0 Å². The van der Waals surface area contributed by atoms with Crippen LogP contribution in [0, 0.1) is 6.92 Å². The number of aromatic nitrogens is 1. The number of halogens is 3. The van der Waals surface area contributed by atoms with E-state index in [9.17, 15) is 27.6 Å². The average Bonchev–Trinajstić information content (AvgIpc) is 3.33. The fourth-order valence-corrected chi connectivity index (χ4v) is 3.51. The van der Waals surface area contributed by atoms with Crippen molar-refractivity contribution in [2.24, 2.45) is 0 Å². The molecule has 0 aliphatic carbocycles. The van der Waals surface area contributed by atoms with E-state index in [1.807, 2.05) is 13.0 Å². The van der Waals surface area contributed by atoms with Gasteiger partial charge in [-0.25, -0.2) is 9.69 Å². The molecule has 1 fully saturated rings. The Labute approximate surface area is 192 Å². The van der Waals surface area contributed by atoms with Crippen molar-refractivity contribution in [1.82, 2.24) is 14.8 Å². The topological polar surface area (TPSA) is 83.4 Å². The molecule has 2 heterocycles. The van der Waals surface area contributed by atoms with Crippen LogP contribution >= 0.6 is 0 Å². The first-order chi connectivity index (χ1) is 16.1. The largest absolute Gasteiger partial charge is 0.416 e. The molecule has 1 aromatic heterocycles. The van der Waals surface area contributed by atoms with Gasteiger partial charge < -0.3 is 15.2 Å². The van der Waals surface area contributed by atoms with Gasteiger partial charge in [-0.1, -0.05) is 18.2 Å². The molecule has 174 valence electrons. The van der Waals surface area contributed by atoms with Gasteiger partial charge >= 0.3 is 12.2 Å². The summed E-state index contributed by atoms with van der Waals surface area (Å²) in [6, 6.07) is 14.2. The summed E-state index contributed by atoms with van der Waals surface area (Å²) in [5, 5.41) is 5.04. The average molecular weight is 468 g/mol. The van der Waals surface area contributed by atoms with Crippen molar-refractivity contribution >= 4 is 29.6 Å². The lowest BCUT2D eigenvalue weighted by Gasteiger charge is -2.12. The fraction of sp³-hybridized carbons (Fsp3) is 0.125. The molecule has 0 bridgehead atoms. The van der Waals surface area contributed by atoms with Gasteiger partial charge in [0.1, 0.15) is 12.2 Å². The van der Waals surface area contributed by atoms with E-state index in [0.29, 0.717) is 11.4 Å². The molecular weight excluding hydrogens is 449 g/mol. The number of nitrogens with zero attached hydrogens (tertiary/aromatic N) is 2. The number of rotatable bonds is 5. The number of hydrogen-bond acceptors (Lipinski definition) is 3. The normalized spacial score (nSPS) is 15.1. The van der Waals surface area contributed by atoms with Gasteiger partial charge in [-0.2, -0.15) is 13.2 Å². The van der Waals surface area contributed by atoms with Gasteiger partial charge in [-0.05, 0) is 61.0 Å². The predicted molar refractivity (Wildman–Crippen MR) is 119 cm³/mol. The first-order valence-corrected chi connectivity index (χ1v) is 10.2. The highest BCUT2D eigenvalue weighted by molar-refractivity contribution is 6.15. The number of carbonyl (C=O) groups is 3. The van der Waals surface area contributed by atoms with Crippen LogP contribution in [0.25, 0.3) is 11.8 Å². The number of urea groups is 1. The van der Waals surface area contributed by atoms with Crippen molar-refractivity contribution in [3.05, 3.63) is 89.4 Å². The third-order valence-electron chi connectivity index (χ3n) is 5.09. The maximum absolute atomic E-state index is 13.1. The highest BCUT2D eigenvalue weighted by Gasteiger charge is 2.35. The molecule has 2 aromatic carbocycles. The third kappa shape index (κ3) is 4.85. The molecule has 1 saturated heterocycles. The van der Waals surface area contributed by atoms with Crippen molar-refractivity contribution in [2.75, 3.05) is 11.9 Å². The molecule has 4 amide bonds. The number of alkyl halides is 3. The molecule has 0 spiro atoms. The van der Waals surface area contributed by atoms with Crippen LogP contribution in [0.15, 0.2) is 72.6 Å². The first kappa shape index (κ1) is 22.8. The second kappa shape index (κ2) is 8.89. The minimum Gasteiger partial charge on any atom is -0.325 e. The maximum atomic E-state index is 13.1. The molecule has 3 aromatic rings. The molecule has 1 aliphatic heterocycles. The van der Waals surface area contributed by atoms with Crippen molar-refractivity contribution < 1.29 is 27.6 Å². The van der Waals surface area contributed by atoms with Gasteiger partial charge in [0.25, 0.3) is 5.91 Å². The number of amides is 4. The van der Waals surface area contributed by atoms with Gasteiger partial charge in [0.15, 0.2) is 0 Å². The zero-order chi connectivity index (χ0) is 24.5. The minimum absolute atomic E-state index is 0.0970. The van der Waals surface area contributed by atoms with Crippen LogP contribution in [0.4, 0.5) is 23.7 Å². The lowest BCUT2D eigenvalue weighted by atomic mass is 10.2. The Morgan fingerprint density at radius 3 is 2.56 bits per heavy atom. The molecule has 4 rings (SSSR count). The summed E-state index contributed by atoms with van der Waals surface area (Å²) in [4.78, 5) is 38.2. The van der Waals surface area contributed by atoms with E-state index in [2.05, 4.69) is 10.6 Å². The third-order valence-corrected chi connectivity index (χ3v) is 5.09. The number of nitrogens with one attached hydrogen (secondary N) is 2. The van der Waals surface area contributed by atoms with Crippen LogP contribution in [0.5, 0.6) is 0 Å². The van der Waals surface area contributed by atoms with Gasteiger partial charge in [-0.15, -0.1) is 0 Å². The molecule has 2 N–H and O–H groups in total. The Bertz CT molecular complexity index is 1310. The van der Waals surface area contributed by atoms with E-state index in [-0.39, 0.29) is 11.4 Å². The zero-order valence-corrected chi connectivity index (χ0v) is 17.9. The molecule has 0 unspecified atom stereocenters. The number of carbonyl (C=O) groups excluding carboxylic acids is 3. The second-order valence-electron chi connectivity index (χ2n) is 7.65. The minimum atomic E-state index is -4.50. The van der Waals surface area contributed by atoms with Crippen molar-refractivity contribution in [2.45, 2.75) is 13.1 Å². The van der Waals surface area contributed by atoms with Crippen LogP contribution in [-0.4, -0.2) is 33.9 Å². The Hall–Kier alpha value is -4.34. The molecular formula is C24H19F3N4O3. The van der Waals surface area contributed by atoms with E-state index >= 15 is 0 Å². The van der Waals surface area contributed by atoms with Crippen LogP contribution in [-0.2, 0) is 15.8 Å². The molecule has 7 nitrogen and oxygen atoms in total. The highest BCUT2D eigenvalue weighted by atomic mass is 19.4. The lowest BCUT2D eigenvalue weighted by molar-refractivity contribution is -0.137. The zero-order valence-electron chi connectivity index (χ0n) is 17.9. The summed E-state index contributed by atoms with van der Waals surface area (Å²) in [5.41, 5.74) is 1.16. The monoisotopic (exact) mass is 468 g/mol. The highest BCUT2D eigenvalue weighted by Crippen LogP contribution is 2.31. The Morgan fingerprint density at radius 1 is 1.06 bits per heavy atom. The SMILES string of the molecule is Cc1cccc(NC(=O)CN2C(=O)N/C(=C/c3cccn3-c3cccc(C(F)(F)F)c3)C2=O)c1. The van der Waals surface area contributed by atoms with Crippen molar-refractivity contribution in [3.63, 3.8) is 0 Å². The summed E-state index contributed by atoms with van der Waals surface area (Å²) < 4.78 is 40.7. The van der Waals surface area contributed by atoms with E-state index in [1.165, 1.54) is 29.0 Å². The summed E-state index contributed by atoms with van der Waals surface area (Å²) in [7, 11) is 0. The van der Waals surface area contributed by atoms with Gasteiger partial charge in [0, 0.05) is 23.3 Å². The maximum Gasteiger partial charge on any atom is 0.416 e. The molecule has 0 radical (unpaired) electrons. The van der Waals surface area contributed by atoms with Crippen LogP contribution < -0.4 is 10.6 Å². The smallest absolute Gasteiger partial charge is 0.325 e. The number of benzene rings is 2. The van der Waals surface area contributed by atoms with E-state index in [1.54, 1.807) is 30.3 Å². The summed E-state index contributed by atoms with van der Waals surface area (Å²) in [6.07, 6.45) is -1.62. The van der Waals surface area contributed by atoms with E-state index < -0.39 is 36.1 Å². The summed E-state index contributed by atoms with van der Waals surface area (Å²) in [5.74, 6) is -1.27. The fourth-order valence-electron chi connectivity index (χ4n) is 3.51. The van der Waals surface area contributed by atoms with E-state index in [4.69, 9.17) is 0 Å². The van der Waals surface area contributed by atoms with Crippen molar-refractivity contribution in [3.8, 4) is 5.69 Å². The Kier molecular flexibility index (Phi) is 5.97. The van der Waals surface area contributed by atoms with Crippen LogP contribution in [0.2, 0.25) is 0 Å². The standard InChI is InChI=1S/C24H19F3N4O3/c1-15-5-2-7-17(11-15)28-21(32)14-31-22(33)20(29-23(31)34)13-19-9-4-10-30(19)18-8-3-6-16(12-18)24(25,26)27/h2-13H,14H2,1H3,(H,28,32)(H,29,34)/b20-13+. The molecule has 34 heavy (non-hydrogen) atoms.